The minimum Gasteiger partial charge on any atom is -0.508 e. The van der Waals surface area contributed by atoms with Crippen LogP contribution < -0.4 is 11.1 Å². The predicted molar refractivity (Wildman–Crippen MR) is 81.3 cm³/mol. The molecule has 0 radical (unpaired) electrons. The molecule has 120 valence electrons. The van der Waals surface area contributed by atoms with Crippen molar-refractivity contribution in [3.05, 3.63) is 29.8 Å². The lowest BCUT2D eigenvalue weighted by Crippen LogP contribution is -2.42. The van der Waals surface area contributed by atoms with Crippen LogP contribution in [0.15, 0.2) is 24.3 Å². The Hall–Kier alpha value is -2.08. The number of hydrogen-bond donors (Lipinski definition) is 3. The van der Waals surface area contributed by atoms with Crippen molar-refractivity contribution in [1.82, 2.24) is 5.32 Å². The van der Waals surface area contributed by atoms with E-state index < -0.39 is 18.1 Å². The number of benzene rings is 1. The van der Waals surface area contributed by atoms with Crippen molar-refractivity contribution in [3.63, 3.8) is 0 Å². The lowest BCUT2D eigenvalue weighted by molar-refractivity contribution is -0.138. The summed E-state index contributed by atoms with van der Waals surface area (Å²) < 4.78 is 4.73. The van der Waals surface area contributed by atoms with Crippen molar-refractivity contribution in [3.8, 4) is 5.75 Å². The summed E-state index contributed by atoms with van der Waals surface area (Å²) in [6.07, 6.45) is 4.52. The van der Waals surface area contributed by atoms with E-state index in [-0.39, 0.29) is 18.2 Å². The lowest BCUT2D eigenvalue weighted by atomic mass is 9.96. The summed E-state index contributed by atoms with van der Waals surface area (Å²) in [5, 5.41) is 12.3. The minimum absolute atomic E-state index is 0.0670. The van der Waals surface area contributed by atoms with Gasteiger partial charge in [-0.3, -0.25) is 0 Å². The van der Waals surface area contributed by atoms with E-state index in [4.69, 9.17) is 10.5 Å². The first kappa shape index (κ1) is 16.3. The van der Waals surface area contributed by atoms with Crippen LogP contribution in [0.2, 0.25) is 0 Å². The molecule has 0 spiro atoms. The Balaban J connectivity index is 1.80. The van der Waals surface area contributed by atoms with Crippen molar-refractivity contribution < 1.29 is 19.4 Å². The Morgan fingerprint density at radius 3 is 2.64 bits per heavy atom. The number of nitrogens with one attached hydrogen (secondary N) is 1. The number of phenols is 1. The number of alkyl carbamates (subject to hydrolysis) is 1. The van der Waals surface area contributed by atoms with E-state index in [1.807, 2.05) is 0 Å². The fourth-order valence-corrected chi connectivity index (χ4v) is 2.61. The lowest BCUT2D eigenvalue weighted by Gasteiger charge is -2.22. The first-order chi connectivity index (χ1) is 10.6. The van der Waals surface area contributed by atoms with Gasteiger partial charge in [0.1, 0.15) is 11.8 Å². The molecule has 1 unspecified atom stereocenters. The number of ether oxygens (including phenoxy) is 1. The number of esters is 1. The molecule has 1 aromatic rings. The molecule has 22 heavy (non-hydrogen) atoms. The third kappa shape index (κ3) is 4.73. The largest absolute Gasteiger partial charge is 0.508 e. The highest BCUT2D eigenvalue weighted by Crippen LogP contribution is 2.18. The van der Waals surface area contributed by atoms with E-state index in [2.05, 4.69) is 5.32 Å². The van der Waals surface area contributed by atoms with Gasteiger partial charge in [0.15, 0.2) is 0 Å². The normalized spacial score (nSPS) is 16.8. The summed E-state index contributed by atoms with van der Waals surface area (Å²) in [6.45, 7) is 0. The van der Waals surface area contributed by atoms with Crippen LogP contribution in [0.1, 0.15) is 37.7 Å². The number of rotatable bonds is 4. The third-order valence-electron chi connectivity index (χ3n) is 3.85. The molecular weight excluding hydrogens is 284 g/mol. The number of carbonyl (C=O) groups is 2. The molecule has 2 rings (SSSR count). The van der Waals surface area contributed by atoms with Crippen molar-refractivity contribution in [2.24, 2.45) is 5.73 Å². The second kappa shape index (κ2) is 7.79. The van der Waals surface area contributed by atoms with Gasteiger partial charge in [0, 0.05) is 12.5 Å². The zero-order chi connectivity index (χ0) is 15.9. The standard InChI is InChI=1S/C16H22N2O4/c17-13(10-11-6-4-5-9-14(11)19)15(20)22-16(21)18-12-7-2-1-3-8-12/h4-6,9,12-13,19H,1-3,7-8,10,17H2,(H,18,21). The van der Waals surface area contributed by atoms with Crippen LogP contribution >= 0.6 is 0 Å². The molecule has 6 nitrogen and oxygen atoms in total. The highest BCUT2D eigenvalue weighted by atomic mass is 16.6. The van der Waals surface area contributed by atoms with Crippen LogP contribution in [0.3, 0.4) is 0 Å². The van der Waals surface area contributed by atoms with Gasteiger partial charge in [-0.25, -0.2) is 9.59 Å². The zero-order valence-corrected chi connectivity index (χ0v) is 12.5. The zero-order valence-electron chi connectivity index (χ0n) is 12.5. The average molecular weight is 306 g/mol. The molecule has 1 aliphatic rings. The molecule has 1 fully saturated rings. The topological polar surface area (TPSA) is 102 Å². The van der Waals surface area contributed by atoms with Crippen molar-refractivity contribution >= 4 is 12.1 Å². The SMILES string of the molecule is NC(Cc1ccccc1O)C(=O)OC(=O)NC1CCCCC1. The van der Waals surface area contributed by atoms with E-state index >= 15 is 0 Å². The fraction of sp³-hybridized carbons (Fsp3) is 0.500. The molecule has 6 heteroatoms. The summed E-state index contributed by atoms with van der Waals surface area (Å²) >= 11 is 0. The third-order valence-corrected chi connectivity index (χ3v) is 3.85. The van der Waals surface area contributed by atoms with Crippen LogP contribution in [0, 0.1) is 0 Å². The Morgan fingerprint density at radius 1 is 1.27 bits per heavy atom. The number of para-hydroxylation sites is 1. The van der Waals surface area contributed by atoms with E-state index in [1.54, 1.807) is 18.2 Å². The van der Waals surface area contributed by atoms with Crippen molar-refractivity contribution in [2.75, 3.05) is 0 Å². The maximum atomic E-state index is 11.8. The van der Waals surface area contributed by atoms with Gasteiger partial charge < -0.3 is 20.9 Å². The molecule has 1 aromatic carbocycles. The minimum atomic E-state index is -0.995. The van der Waals surface area contributed by atoms with E-state index in [0.717, 1.165) is 25.7 Å². The second-order valence-corrected chi connectivity index (χ2v) is 5.63. The van der Waals surface area contributed by atoms with Gasteiger partial charge in [0.05, 0.1) is 0 Å². The molecule has 0 aromatic heterocycles. The number of nitrogens with two attached hydrogens (primary N) is 1. The molecule has 1 atom stereocenters. The number of aromatic hydroxyl groups is 1. The highest BCUT2D eigenvalue weighted by Gasteiger charge is 2.22. The molecule has 1 amide bonds. The van der Waals surface area contributed by atoms with E-state index in [1.165, 1.54) is 12.5 Å². The first-order valence-electron chi connectivity index (χ1n) is 7.61. The average Bonchev–Trinajstić information content (AvgIpc) is 2.50. The summed E-state index contributed by atoms with van der Waals surface area (Å²) in [5.41, 5.74) is 6.28. The molecule has 0 saturated heterocycles. The van der Waals surface area contributed by atoms with E-state index in [9.17, 15) is 14.7 Å². The van der Waals surface area contributed by atoms with E-state index in [0.29, 0.717) is 5.56 Å². The molecular formula is C16H22N2O4. The number of amides is 1. The number of hydrogen-bond acceptors (Lipinski definition) is 5. The summed E-state index contributed by atoms with van der Waals surface area (Å²) in [7, 11) is 0. The fourth-order valence-electron chi connectivity index (χ4n) is 2.61. The van der Waals surface area contributed by atoms with Gasteiger partial charge >= 0.3 is 12.1 Å². The number of carbonyl (C=O) groups excluding carboxylic acids is 2. The highest BCUT2D eigenvalue weighted by molar-refractivity contribution is 5.87. The quantitative estimate of drug-likeness (QED) is 0.582. The van der Waals surface area contributed by atoms with Crippen LogP contribution in [0.5, 0.6) is 5.75 Å². The predicted octanol–water partition coefficient (Wildman–Crippen LogP) is 1.85. The van der Waals surface area contributed by atoms with Crippen LogP contribution in [0.25, 0.3) is 0 Å². The molecule has 1 saturated carbocycles. The molecule has 0 heterocycles. The molecule has 0 bridgehead atoms. The second-order valence-electron chi connectivity index (χ2n) is 5.63. The maximum absolute atomic E-state index is 11.8. The molecule has 4 N–H and O–H groups in total. The smallest absolute Gasteiger partial charge is 0.415 e. The Kier molecular flexibility index (Phi) is 5.77. The summed E-state index contributed by atoms with van der Waals surface area (Å²) in [6, 6.07) is 5.69. The Bertz CT molecular complexity index is 527. The Labute approximate surface area is 129 Å². The monoisotopic (exact) mass is 306 g/mol. The van der Waals surface area contributed by atoms with Gasteiger partial charge in [-0.2, -0.15) is 0 Å². The number of phenolic OH excluding ortho intramolecular Hbond substituents is 1. The first-order valence-corrected chi connectivity index (χ1v) is 7.61. The van der Waals surface area contributed by atoms with Gasteiger partial charge in [0.2, 0.25) is 0 Å². The Morgan fingerprint density at radius 2 is 1.95 bits per heavy atom. The van der Waals surface area contributed by atoms with Gasteiger partial charge in [-0.1, -0.05) is 37.5 Å². The van der Waals surface area contributed by atoms with Crippen LogP contribution in [-0.4, -0.2) is 29.3 Å². The van der Waals surface area contributed by atoms with Crippen molar-refractivity contribution in [1.29, 1.82) is 0 Å². The van der Waals surface area contributed by atoms with Crippen molar-refractivity contribution in [2.45, 2.75) is 50.6 Å². The maximum Gasteiger partial charge on any atom is 0.415 e. The summed E-state index contributed by atoms with van der Waals surface area (Å²) in [5.74, 6) is -0.728. The van der Waals surface area contributed by atoms with Crippen LogP contribution in [-0.2, 0) is 16.0 Å². The molecule has 1 aliphatic carbocycles. The van der Waals surface area contributed by atoms with Gasteiger partial charge in [-0.05, 0) is 24.5 Å². The van der Waals surface area contributed by atoms with Gasteiger partial charge in [-0.15, -0.1) is 0 Å². The van der Waals surface area contributed by atoms with Gasteiger partial charge in [0.25, 0.3) is 0 Å². The van der Waals surface area contributed by atoms with Crippen LogP contribution in [0.4, 0.5) is 4.79 Å². The summed E-state index contributed by atoms with van der Waals surface area (Å²) in [4.78, 5) is 23.5. The molecule has 0 aliphatic heterocycles.